The van der Waals surface area contributed by atoms with Crippen LogP contribution in [0.15, 0.2) is 12.1 Å². The Morgan fingerprint density at radius 3 is 2.47 bits per heavy atom. The van der Waals surface area contributed by atoms with Crippen LogP contribution in [0.1, 0.15) is 48.2 Å². The summed E-state index contributed by atoms with van der Waals surface area (Å²) >= 11 is 0. The van der Waals surface area contributed by atoms with Gasteiger partial charge in [0, 0.05) is 24.8 Å². The zero-order valence-electron chi connectivity index (χ0n) is 11.6. The van der Waals surface area contributed by atoms with Gasteiger partial charge in [0.2, 0.25) is 0 Å². The van der Waals surface area contributed by atoms with E-state index in [-0.39, 0.29) is 5.78 Å². The van der Waals surface area contributed by atoms with Crippen molar-refractivity contribution in [2.24, 2.45) is 0 Å². The van der Waals surface area contributed by atoms with Gasteiger partial charge in [-0.3, -0.25) is 4.79 Å². The van der Waals surface area contributed by atoms with E-state index in [4.69, 9.17) is 0 Å². The van der Waals surface area contributed by atoms with Crippen molar-refractivity contribution in [2.75, 3.05) is 18.5 Å². The zero-order valence-corrected chi connectivity index (χ0v) is 11.6. The molecule has 0 bridgehead atoms. The average molecular weight is 233 g/mol. The number of rotatable bonds is 5. The second kappa shape index (κ2) is 5.85. The Morgan fingerprint density at radius 2 is 1.94 bits per heavy atom. The first kappa shape index (κ1) is 13.8. The number of benzene rings is 1. The molecule has 0 aliphatic rings. The molecule has 94 valence electrons. The Labute approximate surface area is 105 Å². The van der Waals surface area contributed by atoms with Gasteiger partial charge < -0.3 is 4.90 Å². The first-order chi connectivity index (χ1) is 7.97. The summed E-state index contributed by atoms with van der Waals surface area (Å²) in [6, 6.07) is 4.19. The molecule has 2 heteroatoms. The lowest BCUT2D eigenvalue weighted by Crippen LogP contribution is -2.21. The second-order valence-corrected chi connectivity index (χ2v) is 4.81. The highest BCUT2D eigenvalue weighted by Gasteiger charge is 2.14. The highest BCUT2D eigenvalue weighted by atomic mass is 16.1. The summed E-state index contributed by atoms with van der Waals surface area (Å²) < 4.78 is 0. The number of hydrogen-bond donors (Lipinski definition) is 0. The Hall–Kier alpha value is -1.31. The minimum atomic E-state index is 0.154. The van der Waals surface area contributed by atoms with Crippen LogP contribution in [-0.2, 0) is 0 Å². The monoisotopic (exact) mass is 233 g/mol. The minimum absolute atomic E-state index is 0.154. The van der Waals surface area contributed by atoms with Crippen LogP contribution in [0.25, 0.3) is 0 Å². The molecular weight excluding hydrogens is 210 g/mol. The highest BCUT2D eigenvalue weighted by Crippen LogP contribution is 2.25. The van der Waals surface area contributed by atoms with E-state index in [1.165, 1.54) is 12.0 Å². The maximum absolute atomic E-state index is 11.7. The van der Waals surface area contributed by atoms with Gasteiger partial charge in [-0.2, -0.15) is 0 Å². The molecule has 0 aliphatic heterocycles. The van der Waals surface area contributed by atoms with Crippen LogP contribution >= 0.6 is 0 Å². The Kier molecular flexibility index (Phi) is 4.73. The van der Waals surface area contributed by atoms with Crippen molar-refractivity contribution >= 4 is 11.5 Å². The van der Waals surface area contributed by atoms with Gasteiger partial charge in [-0.25, -0.2) is 0 Å². The molecule has 2 nitrogen and oxygen atoms in total. The molecule has 1 aromatic carbocycles. The number of ketones is 1. The molecule has 0 N–H and O–H groups in total. The van der Waals surface area contributed by atoms with Gasteiger partial charge in [0.25, 0.3) is 0 Å². The minimum Gasteiger partial charge on any atom is -0.374 e. The molecule has 0 aromatic heterocycles. The van der Waals surface area contributed by atoms with Crippen LogP contribution in [0.2, 0.25) is 0 Å². The second-order valence-electron chi connectivity index (χ2n) is 4.81. The van der Waals surface area contributed by atoms with Crippen LogP contribution in [0.3, 0.4) is 0 Å². The molecule has 0 unspecified atom stereocenters. The SMILES string of the molecule is CCCCN(C)c1cc(C)cc(C)c1C(C)=O. The summed E-state index contributed by atoms with van der Waals surface area (Å²) in [5, 5.41) is 0. The van der Waals surface area contributed by atoms with Crippen molar-refractivity contribution < 1.29 is 4.79 Å². The van der Waals surface area contributed by atoms with E-state index in [1.807, 2.05) is 6.92 Å². The van der Waals surface area contributed by atoms with E-state index >= 15 is 0 Å². The standard InChI is InChI=1S/C15H23NO/c1-6-7-8-16(5)14-10-11(2)9-12(3)15(14)13(4)17/h9-10H,6-8H2,1-5H3. The Morgan fingerprint density at radius 1 is 1.29 bits per heavy atom. The Bertz CT molecular complexity index is 410. The smallest absolute Gasteiger partial charge is 0.162 e. The van der Waals surface area contributed by atoms with Gasteiger partial charge in [-0.05, 0) is 44.4 Å². The van der Waals surface area contributed by atoms with Gasteiger partial charge in [-0.1, -0.05) is 19.4 Å². The average Bonchev–Trinajstić information content (AvgIpc) is 2.23. The molecule has 0 spiro atoms. The summed E-state index contributed by atoms with van der Waals surface area (Å²) in [4.78, 5) is 13.9. The summed E-state index contributed by atoms with van der Waals surface area (Å²) in [7, 11) is 2.07. The van der Waals surface area contributed by atoms with Crippen LogP contribution in [0.5, 0.6) is 0 Å². The third kappa shape index (κ3) is 3.32. The molecule has 0 saturated carbocycles. The molecule has 0 saturated heterocycles. The van der Waals surface area contributed by atoms with Crippen LogP contribution in [0, 0.1) is 13.8 Å². The van der Waals surface area contributed by atoms with Gasteiger partial charge in [-0.15, -0.1) is 0 Å². The van der Waals surface area contributed by atoms with E-state index in [2.05, 4.69) is 37.9 Å². The van der Waals surface area contributed by atoms with Crippen molar-refractivity contribution in [1.29, 1.82) is 0 Å². The van der Waals surface area contributed by atoms with E-state index in [1.54, 1.807) is 6.92 Å². The first-order valence-electron chi connectivity index (χ1n) is 6.30. The highest BCUT2D eigenvalue weighted by molar-refractivity contribution is 6.01. The number of nitrogens with zero attached hydrogens (tertiary/aromatic N) is 1. The third-order valence-electron chi connectivity index (χ3n) is 3.07. The topological polar surface area (TPSA) is 20.3 Å². The molecule has 0 heterocycles. The van der Waals surface area contributed by atoms with Gasteiger partial charge >= 0.3 is 0 Å². The number of anilines is 1. The van der Waals surface area contributed by atoms with Crippen LogP contribution < -0.4 is 4.90 Å². The van der Waals surface area contributed by atoms with Crippen molar-refractivity contribution in [3.8, 4) is 0 Å². The predicted molar refractivity (Wildman–Crippen MR) is 74.1 cm³/mol. The molecule has 0 radical (unpaired) electrons. The first-order valence-corrected chi connectivity index (χ1v) is 6.30. The fourth-order valence-corrected chi connectivity index (χ4v) is 2.22. The van der Waals surface area contributed by atoms with Gasteiger partial charge in [0.05, 0.1) is 0 Å². The molecule has 0 aliphatic carbocycles. The van der Waals surface area contributed by atoms with E-state index in [0.29, 0.717) is 0 Å². The van der Waals surface area contributed by atoms with Gasteiger partial charge in [0.15, 0.2) is 5.78 Å². The lowest BCUT2D eigenvalue weighted by atomic mass is 9.99. The Balaban J connectivity index is 3.15. The number of carbonyl (C=O) groups excluding carboxylic acids is 1. The lowest BCUT2D eigenvalue weighted by molar-refractivity contribution is 0.101. The quantitative estimate of drug-likeness (QED) is 0.722. The van der Waals surface area contributed by atoms with Crippen molar-refractivity contribution in [3.63, 3.8) is 0 Å². The number of unbranched alkanes of at least 4 members (excludes halogenated alkanes) is 1. The number of Topliss-reactive ketones (excluding diaryl/α,β-unsaturated/α-hetero) is 1. The maximum atomic E-state index is 11.7. The third-order valence-corrected chi connectivity index (χ3v) is 3.07. The number of carbonyl (C=O) groups is 1. The molecule has 0 amide bonds. The predicted octanol–water partition coefficient (Wildman–Crippen LogP) is 3.74. The van der Waals surface area contributed by atoms with E-state index < -0.39 is 0 Å². The maximum Gasteiger partial charge on any atom is 0.162 e. The van der Waals surface area contributed by atoms with Crippen molar-refractivity contribution in [1.82, 2.24) is 0 Å². The zero-order chi connectivity index (χ0) is 13.0. The summed E-state index contributed by atoms with van der Waals surface area (Å²) in [5.74, 6) is 0.154. The fourth-order valence-electron chi connectivity index (χ4n) is 2.22. The lowest BCUT2D eigenvalue weighted by Gasteiger charge is -2.23. The summed E-state index contributed by atoms with van der Waals surface area (Å²) in [5.41, 5.74) is 4.24. The summed E-state index contributed by atoms with van der Waals surface area (Å²) in [6.45, 7) is 8.92. The van der Waals surface area contributed by atoms with Crippen molar-refractivity contribution in [3.05, 3.63) is 28.8 Å². The number of aryl methyl sites for hydroxylation is 2. The van der Waals surface area contributed by atoms with Gasteiger partial charge in [0.1, 0.15) is 0 Å². The fraction of sp³-hybridized carbons (Fsp3) is 0.533. The number of hydrogen-bond acceptors (Lipinski definition) is 2. The molecular formula is C15H23NO. The summed E-state index contributed by atoms with van der Waals surface area (Å²) in [6.07, 6.45) is 2.32. The molecule has 1 rings (SSSR count). The molecule has 17 heavy (non-hydrogen) atoms. The van der Waals surface area contributed by atoms with E-state index in [0.717, 1.165) is 29.8 Å². The molecule has 1 aromatic rings. The normalized spacial score (nSPS) is 10.4. The molecule has 0 atom stereocenters. The van der Waals surface area contributed by atoms with Crippen LogP contribution in [0.4, 0.5) is 5.69 Å². The molecule has 0 fully saturated rings. The van der Waals surface area contributed by atoms with Crippen molar-refractivity contribution in [2.45, 2.75) is 40.5 Å². The van der Waals surface area contributed by atoms with Crippen LogP contribution in [-0.4, -0.2) is 19.4 Å². The largest absolute Gasteiger partial charge is 0.374 e. The van der Waals surface area contributed by atoms with E-state index in [9.17, 15) is 4.79 Å².